The van der Waals surface area contributed by atoms with E-state index in [0.717, 1.165) is 24.1 Å². The number of carbonyl (C=O) groups is 1. The zero-order valence-electron chi connectivity index (χ0n) is 11.3. The Morgan fingerprint density at radius 2 is 2.35 bits per heavy atom. The summed E-state index contributed by atoms with van der Waals surface area (Å²) in [5.41, 5.74) is 2.47. The van der Waals surface area contributed by atoms with Crippen molar-refractivity contribution < 1.29 is 14.3 Å². The molecule has 20 heavy (non-hydrogen) atoms. The SMILES string of the molecule is CCOC(=O)COc1cn2c3c(cccc13)C(Br)CC2. The first-order valence-corrected chi connectivity index (χ1v) is 7.66. The second-order valence-electron chi connectivity index (χ2n) is 4.78. The molecule has 0 saturated heterocycles. The molecule has 4 nitrogen and oxygen atoms in total. The highest BCUT2D eigenvalue weighted by atomic mass is 79.9. The fourth-order valence-corrected chi connectivity index (χ4v) is 3.22. The van der Waals surface area contributed by atoms with Crippen molar-refractivity contribution in [2.45, 2.75) is 24.7 Å². The Balaban J connectivity index is 1.92. The maximum atomic E-state index is 11.4. The lowest BCUT2D eigenvalue weighted by Crippen LogP contribution is -2.14. The molecule has 0 fully saturated rings. The topological polar surface area (TPSA) is 40.5 Å². The zero-order chi connectivity index (χ0) is 14.1. The van der Waals surface area contributed by atoms with E-state index in [4.69, 9.17) is 9.47 Å². The minimum absolute atomic E-state index is 0.0467. The van der Waals surface area contributed by atoms with Crippen LogP contribution in [0.4, 0.5) is 0 Å². The molecular formula is C15H16BrNO3. The Morgan fingerprint density at radius 3 is 3.15 bits per heavy atom. The van der Waals surface area contributed by atoms with E-state index in [1.54, 1.807) is 6.92 Å². The monoisotopic (exact) mass is 337 g/mol. The summed E-state index contributed by atoms with van der Waals surface area (Å²) in [5, 5.41) is 1.05. The van der Waals surface area contributed by atoms with Gasteiger partial charge in [0, 0.05) is 23.0 Å². The van der Waals surface area contributed by atoms with Gasteiger partial charge in [-0.15, -0.1) is 0 Å². The number of rotatable bonds is 4. The van der Waals surface area contributed by atoms with Gasteiger partial charge >= 0.3 is 5.97 Å². The van der Waals surface area contributed by atoms with Gasteiger partial charge in [-0.25, -0.2) is 4.79 Å². The van der Waals surface area contributed by atoms with Crippen LogP contribution in [0.5, 0.6) is 5.75 Å². The summed E-state index contributed by atoms with van der Waals surface area (Å²) in [5.74, 6) is 0.411. The van der Waals surface area contributed by atoms with Crippen LogP contribution in [-0.2, 0) is 16.1 Å². The number of halogens is 1. The van der Waals surface area contributed by atoms with E-state index in [1.807, 2.05) is 18.3 Å². The maximum Gasteiger partial charge on any atom is 0.344 e. The predicted octanol–water partition coefficient (Wildman–Crippen LogP) is 3.42. The number of benzene rings is 1. The van der Waals surface area contributed by atoms with Gasteiger partial charge in [-0.3, -0.25) is 0 Å². The van der Waals surface area contributed by atoms with Crippen LogP contribution in [0.1, 0.15) is 23.7 Å². The van der Waals surface area contributed by atoms with Gasteiger partial charge in [0.05, 0.1) is 12.1 Å². The molecule has 1 aromatic heterocycles. The molecule has 1 unspecified atom stereocenters. The quantitative estimate of drug-likeness (QED) is 0.634. The number of carbonyl (C=O) groups excluding carboxylic acids is 1. The second-order valence-corrected chi connectivity index (χ2v) is 5.89. The second kappa shape index (κ2) is 5.48. The van der Waals surface area contributed by atoms with Crippen LogP contribution in [0.2, 0.25) is 0 Å². The van der Waals surface area contributed by atoms with Gasteiger partial charge < -0.3 is 14.0 Å². The van der Waals surface area contributed by atoms with Crippen LogP contribution < -0.4 is 4.74 Å². The van der Waals surface area contributed by atoms with Gasteiger partial charge in [0.25, 0.3) is 0 Å². The Hall–Kier alpha value is -1.49. The van der Waals surface area contributed by atoms with Crippen molar-refractivity contribution in [1.29, 1.82) is 0 Å². The lowest BCUT2D eigenvalue weighted by atomic mass is 10.0. The molecule has 1 atom stereocenters. The predicted molar refractivity (Wildman–Crippen MR) is 80.4 cm³/mol. The minimum Gasteiger partial charge on any atom is -0.480 e. The third-order valence-electron chi connectivity index (χ3n) is 3.50. The van der Waals surface area contributed by atoms with E-state index >= 15 is 0 Å². The number of esters is 1. The molecule has 0 aliphatic carbocycles. The van der Waals surface area contributed by atoms with E-state index in [1.165, 1.54) is 11.1 Å². The highest BCUT2D eigenvalue weighted by Gasteiger charge is 2.22. The van der Waals surface area contributed by atoms with Gasteiger partial charge in [-0.2, -0.15) is 0 Å². The first kappa shape index (κ1) is 13.5. The molecule has 1 aromatic carbocycles. The molecule has 3 rings (SSSR count). The van der Waals surface area contributed by atoms with Gasteiger partial charge in [-0.1, -0.05) is 28.1 Å². The van der Waals surface area contributed by atoms with Crippen LogP contribution in [-0.4, -0.2) is 23.8 Å². The number of aromatic nitrogens is 1. The lowest BCUT2D eigenvalue weighted by Gasteiger charge is -2.20. The summed E-state index contributed by atoms with van der Waals surface area (Å²) >= 11 is 3.71. The van der Waals surface area contributed by atoms with Gasteiger partial charge in [0.2, 0.25) is 0 Å². The Labute approximate surface area is 125 Å². The van der Waals surface area contributed by atoms with Crippen molar-refractivity contribution in [2.24, 2.45) is 0 Å². The van der Waals surface area contributed by atoms with Crippen molar-refractivity contribution in [2.75, 3.05) is 13.2 Å². The van der Waals surface area contributed by atoms with Crippen molar-refractivity contribution in [3.63, 3.8) is 0 Å². The van der Waals surface area contributed by atoms with Gasteiger partial charge in [0.15, 0.2) is 6.61 Å². The maximum absolute atomic E-state index is 11.4. The fraction of sp³-hybridized carbons (Fsp3) is 0.400. The lowest BCUT2D eigenvalue weighted by molar-refractivity contribution is -0.145. The normalized spacial score (nSPS) is 17.2. The summed E-state index contributed by atoms with van der Waals surface area (Å²) < 4.78 is 12.7. The molecule has 0 N–H and O–H groups in total. The Morgan fingerprint density at radius 1 is 1.50 bits per heavy atom. The van der Waals surface area contributed by atoms with E-state index in [-0.39, 0.29) is 12.6 Å². The molecule has 0 radical (unpaired) electrons. The van der Waals surface area contributed by atoms with Crippen LogP contribution in [0, 0.1) is 0 Å². The van der Waals surface area contributed by atoms with Crippen molar-refractivity contribution in [3.8, 4) is 5.75 Å². The standard InChI is InChI=1S/C15H16BrNO3/c1-2-19-14(18)9-20-13-8-17-7-6-12(16)10-4-3-5-11(13)15(10)17/h3-5,8,12H,2,6-7,9H2,1H3. The number of hydrogen-bond acceptors (Lipinski definition) is 3. The molecular weight excluding hydrogens is 322 g/mol. The fourth-order valence-electron chi connectivity index (χ4n) is 2.65. The van der Waals surface area contributed by atoms with E-state index in [0.29, 0.717) is 11.4 Å². The molecule has 106 valence electrons. The summed E-state index contributed by atoms with van der Waals surface area (Å²) in [4.78, 5) is 11.8. The number of para-hydroxylation sites is 1. The summed E-state index contributed by atoms with van der Waals surface area (Å²) in [6.45, 7) is 3.06. The highest BCUT2D eigenvalue weighted by Crippen LogP contribution is 2.41. The highest BCUT2D eigenvalue weighted by molar-refractivity contribution is 9.09. The molecule has 1 aliphatic heterocycles. The first-order chi connectivity index (χ1) is 9.70. The van der Waals surface area contributed by atoms with E-state index < -0.39 is 0 Å². The molecule has 0 bridgehead atoms. The van der Waals surface area contributed by atoms with Gasteiger partial charge in [-0.05, 0) is 25.0 Å². The molecule has 0 spiro atoms. The van der Waals surface area contributed by atoms with Crippen LogP contribution >= 0.6 is 15.9 Å². The van der Waals surface area contributed by atoms with Crippen LogP contribution in [0.15, 0.2) is 24.4 Å². The molecule has 2 heterocycles. The van der Waals surface area contributed by atoms with Crippen molar-refractivity contribution >= 4 is 32.8 Å². The van der Waals surface area contributed by atoms with Crippen molar-refractivity contribution in [1.82, 2.24) is 4.57 Å². The first-order valence-electron chi connectivity index (χ1n) is 6.75. The number of ether oxygens (including phenoxy) is 2. The van der Waals surface area contributed by atoms with Crippen LogP contribution in [0.3, 0.4) is 0 Å². The largest absolute Gasteiger partial charge is 0.480 e. The summed E-state index contributed by atoms with van der Waals surface area (Å²) in [6.07, 6.45) is 3.03. The molecule has 5 heteroatoms. The zero-order valence-corrected chi connectivity index (χ0v) is 12.9. The Bertz CT molecular complexity index is 650. The average molecular weight is 338 g/mol. The number of alkyl halides is 1. The molecule has 1 aliphatic rings. The number of hydrogen-bond donors (Lipinski definition) is 0. The Kier molecular flexibility index (Phi) is 3.70. The molecule has 0 saturated carbocycles. The number of aryl methyl sites for hydroxylation is 1. The van der Waals surface area contributed by atoms with E-state index in [2.05, 4.69) is 26.6 Å². The van der Waals surface area contributed by atoms with E-state index in [9.17, 15) is 4.79 Å². The summed E-state index contributed by atoms with van der Waals surface area (Å²) in [6, 6.07) is 6.19. The molecule has 0 amide bonds. The number of nitrogens with zero attached hydrogens (tertiary/aromatic N) is 1. The third kappa shape index (κ3) is 2.30. The minimum atomic E-state index is -0.335. The van der Waals surface area contributed by atoms with Crippen molar-refractivity contribution in [3.05, 3.63) is 30.0 Å². The van der Waals surface area contributed by atoms with Gasteiger partial charge in [0.1, 0.15) is 5.75 Å². The summed E-state index contributed by atoms with van der Waals surface area (Å²) in [7, 11) is 0. The van der Waals surface area contributed by atoms with Crippen LogP contribution in [0.25, 0.3) is 10.9 Å². The smallest absolute Gasteiger partial charge is 0.344 e. The third-order valence-corrected chi connectivity index (χ3v) is 4.46. The average Bonchev–Trinajstić information content (AvgIpc) is 2.81. The molecule has 2 aromatic rings.